The molecule has 44 heavy (non-hydrogen) atoms. The molecule has 1 aromatic carbocycles. The fraction of sp³-hybridized carbons (Fsp3) is 0.520. The lowest BCUT2D eigenvalue weighted by atomic mass is 9.99. The molecule has 19 heteroatoms. The first-order chi connectivity index (χ1) is 20.6. The third kappa shape index (κ3) is 7.41. The second kappa shape index (κ2) is 12.3. The molecule has 3 heterocycles. The molecule has 2 aliphatic rings. The van der Waals surface area contributed by atoms with E-state index < -0.39 is 58.4 Å². The van der Waals surface area contributed by atoms with Gasteiger partial charge < -0.3 is 34.3 Å². The van der Waals surface area contributed by atoms with E-state index in [1.54, 1.807) is 22.8 Å². The molecule has 16 nitrogen and oxygen atoms in total. The molecule has 0 spiro atoms. The number of carbonyl (C=O) groups excluding carboxylic acids is 1. The molecule has 8 atom stereocenters. The predicted octanol–water partition coefficient (Wildman–Crippen LogP) is 3.25. The number of nitrogens with two attached hydrogens (primary N) is 1. The van der Waals surface area contributed by atoms with Gasteiger partial charge in [-0.25, -0.2) is 14.1 Å². The summed E-state index contributed by atoms with van der Waals surface area (Å²) in [6.07, 6.45) is -1.12. The molecule has 1 saturated carbocycles. The van der Waals surface area contributed by atoms with E-state index in [-0.39, 0.29) is 34.9 Å². The van der Waals surface area contributed by atoms with Crippen molar-refractivity contribution in [1.29, 1.82) is 0 Å². The van der Waals surface area contributed by atoms with Crippen molar-refractivity contribution in [2.24, 2.45) is 11.3 Å². The van der Waals surface area contributed by atoms with E-state index >= 15 is 0 Å². The first-order valence-corrected chi connectivity index (χ1v) is 16.9. The van der Waals surface area contributed by atoms with Gasteiger partial charge in [0.1, 0.15) is 23.4 Å². The minimum Gasteiger partial charge on any atom is -0.464 e. The number of phosphoric ester groups is 1. The molecule has 1 aliphatic heterocycles. The zero-order valence-electron chi connectivity index (χ0n) is 24.1. The Morgan fingerprint density at radius 3 is 2.59 bits per heavy atom. The normalized spacial score (nSPS) is 26.4. The van der Waals surface area contributed by atoms with Crippen LogP contribution in [-0.2, 0) is 32.2 Å². The van der Waals surface area contributed by atoms with Crippen molar-refractivity contribution in [1.82, 2.24) is 24.6 Å². The van der Waals surface area contributed by atoms with Crippen molar-refractivity contribution >= 4 is 50.1 Å². The highest BCUT2D eigenvalue weighted by molar-refractivity contribution is 7.63. The number of benzene rings is 1. The summed E-state index contributed by atoms with van der Waals surface area (Å²) in [5.41, 5.74) is 6.25. The van der Waals surface area contributed by atoms with Gasteiger partial charge in [-0.05, 0) is 36.1 Å². The molecule has 1 aliphatic carbocycles. The summed E-state index contributed by atoms with van der Waals surface area (Å²) in [7, 11) is -9.85. The summed E-state index contributed by atoms with van der Waals surface area (Å²) < 4.78 is 54.9. The molecule has 5 N–H and O–H groups in total. The number of phosphoric acid groups is 1. The Balaban J connectivity index is 1.22. The number of para-hydroxylation sites is 1. The average molecular weight is 675 g/mol. The maximum absolute atomic E-state index is 13.7. The van der Waals surface area contributed by atoms with Gasteiger partial charge in [-0.3, -0.25) is 9.32 Å². The van der Waals surface area contributed by atoms with E-state index in [9.17, 15) is 23.9 Å². The van der Waals surface area contributed by atoms with E-state index in [2.05, 4.69) is 20.0 Å². The van der Waals surface area contributed by atoms with E-state index in [0.717, 1.165) is 0 Å². The number of hydrogen-bond acceptors (Lipinski definition) is 13. The van der Waals surface area contributed by atoms with E-state index in [0.29, 0.717) is 11.2 Å². The predicted molar refractivity (Wildman–Crippen MR) is 156 cm³/mol. The number of nitrogens with zero attached hydrogens (tertiary/aromatic N) is 4. The van der Waals surface area contributed by atoms with Gasteiger partial charge >= 0.3 is 21.5 Å². The largest absolute Gasteiger partial charge is 0.481 e. The van der Waals surface area contributed by atoms with Crippen molar-refractivity contribution in [2.75, 3.05) is 18.9 Å². The number of halogens is 1. The van der Waals surface area contributed by atoms with Crippen LogP contribution in [0.4, 0.5) is 5.82 Å². The number of imidazole rings is 1. The number of carbonyl (C=O) groups is 1. The SMILES string of the molecule is CC(NP(=O)(Oc1ccccc1)OP(=O)(O)OCC1OC2C(C1O)C2n1cnc2c(N)nc(Cl)nc21)C(=O)OCC(C)(C)C. The van der Waals surface area contributed by atoms with Crippen molar-refractivity contribution in [2.45, 2.75) is 58.1 Å². The Kier molecular flexibility index (Phi) is 9.13. The van der Waals surface area contributed by atoms with Crippen LogP contribution in [-0.4, -0.2) is 73.1 Å². The standard InChI is InChI=1S/C25H33ClN6O10P2/c1-13(23(34)38-11-25(2,3)4)31-43(35,41-14-8-6-5-7-9-14)42-44(36,37)39-10-15-19(33)16-18(20(16)40-15)32-12-28-17-21(27)29-24(26)30-22(17)32/h5-9,12-13,15-16,18-20,33H,10-11H2,1-4H3,(H,31,35)(H,36,37)(H2,27,29,30). The molecule has 0 radical (unpaired) electrons. The Morgan fingerprint density at radius 2 is 1.95 bits per heavy atom. The summed E-state index contributed by atoms with van der Waals surface area (Å²) in [5.74, 6) is -1.06. The van der Waals surface area contributed by atoms with E-state index in [1.165, 1.54) is 25.4 Å². The fourth-order valence-electron chi connectivity index (χ4n) is 4.71. The van der Waals surface area contributed by atoms with Crippen LogP contribution in [0, 0.1) is 11.3 Å². The van der Waals surface area contributed by atoms with Crippen LogP contribution >= 0.6 is 27.2 Å². The third-order valence-electron chi connectivity index (χ3n) is 6.75. The molecule has 5 rings (SSSR count). The maximum Gasteiger partial charge on any atom is 0.481 e. The van der Waals surface area contributed by atoms with Crippen LogP contribution in [0.1, 0.15) is 33.7 Å². The van der Waals surface area contributed by atoms with Crippen molar-refractivity contribution in [3.63, 3.8) is 0 Å². The van der Waals surface area contributed by atoms with Gasteiger partial charge in [-0.1, -0.05) is 39.0 Å². The molecular formula is C25H33ClN6O10P2. The second-order valence-electron chi connectivity index (χ2n) is 11.7. The molecule has 8 unspecified atom stereocenters. The van der Waals surface area contributed by atoms with Crippen LogP contribution in [0.3, 0.4) is 0 Å². The minimum atomic E-state index is -5.12. The molecule has 1 saturated heterocycles. The summed E-state index contributed by atoms with van der Waals surface area (Å²) in [5, 5.41) is 13.2. The highest BCUT2D eigenvalue weighted by Gasteiger charge is 2.65. The average Bonchev–Trinajstić information content (AvgIpc) is 3.28. The van der Waals surface area contributed by atoms with Gasteiger partial charge in [0.2, 0.25) is 5.28 Å². The Morgan fingerprint density at radius 1 is 1.25 bits per heavy atom. The number of hydrogen-bond donors (Lipinski definition) is 4. The third-order valence-corrected chi connectivity index (χ3v) is 10.2. The van der Waals surface area contributed by atoms with Crippen molar-refractivity contribution < 1.29 is 46.8 Å². The zero-order valence-corrected chi connectivity index (χ0v) is 26.7. The molecule has 240 valence electrons. The van der Waals surface area contributed by atoms with Crippen molar-refractivity contribution in [3.8, 4) is 5.75 Å². The molecule has 2 aromatic heterocycles. The number of ether oxygens (including phenoxy) is 2. The molecule has 3 aromatic rings. The Hall–Kier alpha value is -2.65. The highest BCUT2D eigenvalue weighted by Crippen LogP contribution is 2.61. The van der Waals surface area contributed by atoms with Crippen LogP contribution in [0.25, 0.3) is 11.2 Å². The second-order valence-corrected chi connectivity index (χ2v) is 15.3. The number of esters is 1. The maximum atomic E-state index is 13.7. The lowest BCUT2D eigenvalue weighted by molar-refractivity contribution is -0.148. The quantitative estimate of drug-likeness (QED) is 0.123. The molecule has 0 amide bonds. The van der Waals surface area contributed by atoms with Gasteiger partial charge in [0.25, 0.3) is 0 Å². The minimum absolute atomic E-state index is 0.0274. The number of rotatable bonds is 12. The number of nitrogens with one attached hydrogen (secondary N) is 1. The summed E-state index contributed by atoms with van der Waals surface area (Å²) >= 11 is 5.94. The number of aliphatic hydroxyl groups is 1. The van der Waals surface area contributed by atoms with Gasteiger partial charge in [0, 0.05) is 5.92 Å². The van der Waals surface area contributed by atoms with Crippen LogP contribution in [0.2, 0.25) is 5.28 Å². The highest BCUT2D eigenvalue weighted by atomic mass is 35.5. The fourth-order valence-corrected chi connectivity index (χ4v) is 7.85. The molecular weight excluding hydrogens is 642 g/mol. The monoisotopic (exact) mass is 674 g/mol. The first kappa shape index (κ1) is 32.7. The molecule has 2 fully saturated rings. The van der Waals surface area contributed by atoms with Gasteiger partial charge in [0.05, 0.1) is 37.8 Å². The first-order valence-electron chi connectivity index (χ1n) is 13.5. The van der Waals surface area contributed by atoms with E-state index in [4.69, 9.17) is 40.2 Å². The number of aliphatic hydroxyl groups excluding tert-OH is 1. The smallest absolute Gasteiger partial charge is 0.464 e. The number of anilines is 1. The Labute approximate surface area is 257 Å². The number of fused-ring (bicyclic) bond motifs is 2. The van der Waals surface area contributed by atoms with Gasteiger partial charge in [-0.15, -0.1) is 0 Å². The summed E-state index contributed by atoms with van der Waals surface area (Å²) in [4.78, 5) is 35.3. The van der Waals surface area contributed by atoms with Crippen LogP contribution < -0.4 is 15.3 Å². The van der Waals surface area contributed by atoms with Crippen molar-refractivity contribution in [3.05, 3.63) is 41.9 Å². The Bertz CT molecular complexity index is 1620. The van der Waals surface area contributed by atoms with Gasteiger partial charge in [0.15, 0.2) is 11.5 Å². The molecule has 0 bridgehead atoms. The van der Waals surface area contributed by atoms with Crippen LogP contribution in [0.5, 0.6) is 5.75 Å². The zero-order chi connectivity index (χ0) is 32.0. The summed E-state index contributed by atoms with van der Waals surface area (Å²) in [6, 6.07) is 6.10. The summed E-state index contributed by atoms with van der Waals surface area (Å²) in [6.45, 7) is 6.40. The lowest BCUT2D eigenvalue weighted by Gasteiger charge is -2.26. The lowest BCUT2D eigenvalue weighted by Crippen LogP contribution is -2.36. The van der Waals surface area contributed by atoms with Gasteiger partial charge in [-0.2, -0.15) is 19.4 Å². The number of aromatic nitrogens is 4. The van der Waals surface area contributed by atoms with E-state index in [1.807, 2.05) is 20.8 Å². The number of nitrogen functional groups attached to an aromatic ring is 1. The topological polar surface area (TPSA) is 219 Å². The van der Waals surface area contributed by atoms with Crippen LogP contribution in [0.15, 0.2) is 36.7 Å².